The fraction of sp³-hybridized carbons (Fsp3) is 0.727. The van der Waals surface area contributed by atoms with E-state index in [0.717, 1.165) is 6.42 Å². The van der Waals surface area contributed by atoms with E-state index in [9.17, 15) is 4.79 Å². The molecule has 1 saturated heterocycles. The summed E-state index contributed by atoms with van der Waals surface area (Å²) in [5.74, 6) is -1.77. The third-order valence-electron chi connectivity index (χ3n) is 2.98. The molecule has 1 aliphatic rings. The Kier molecular flexibility index (Phi) is 3.52. The first-order chi connectivity index (χ1) is 6.89. The van der Waals surface area contributed by atoms with Crippen LogP contribution in [0, 0.1) is 5.92 Å². The molecular formula is C11H18O4. The molecule has 1 fully saturated rings. The summed E-state index contributed by atoms with van der Waals surface area (Å²) in [6.45, 7) is 9.60. The van der Waals surface area contributed by atoms with Crippen LogP contribution in [0.1, 0.15) is 27.2 Å². The summed E-state index contributed by atoms with van der Waals surface area (Å²) in [4.78, 5) is 10.7. The smallest absolute Gasteiger partial charge is 0.331 e. The van der Waals surface area contributed by atoms with Crippen molar-refractivity contribution < 1.29 is 19.4 Å². The average Bonchev–Trinajstić information content (AvgIpc) is 2.59. The molecule has 15 heavy (non-hydrogen) atoms. The Balaban J connectivity index is 2.61. The van der Waals surface area contributed by atoms with Gasteiger partial charge in [-0.05, 0) is 13.3 Å². The van der Waals surface area contributed by atoms with Gasteiger partial charge >= 0.3 is 5.97 Å². The lowest BCUT2D eigenvalue weighted by molar-refractivity contribution is -0.159. The van der Waals surface area contributed by atoms with Crippen LogP contribution >= 0.6 is 0 Å². The van der Waals surface area contributed by atoms with Crippen molar-refractivity contribution in [2.24, 2.45) is 5.92 Å². The van der Waals surface area contributed by atoms with Crippen LogP contribution in [0.3, 0.4) is 0 Å². The van der Waals surface area contributed by atoms with E-state index in [-0.39, 0.29) is 17.6 Å². The molecule has 86 valence electrons. The van der Waals surface area contributed by atoms with E-state index >= 15 is 0 Å². The Labute approximate surface area is 89.9 Å². The van der Waals surface area contributed by atoms with Crippen molar-refractivity contribution in [2.45, 2.75) is 39.1 Å². The molecule has 1 heterocycles. The molecule has 1 N–H and O–H groups in total. The molecule has 0 aromatic rings. The van der Waals surface area contributed by atoms with Gasteiger partial charge in [0.1, 0.15) is 0 Å². The predicted molar refractivity (Wildman–Crippen MR) is 55.5 cm³/mol. The Bertz CT molecular complexity index is 274. The lowest BCUT2D eigenvalue weighted by Crippen LogP contribution is -2.29. The van der Waals surface area contributed by atoms with Crippen LogP contribution in [0.2, 0.25) is 0 Å². The van der Waals surface area contributed by atoms with Crippen molar-refractivity contribution in [2.75, 3.05) is 6.61 Å². The predicted octanol–water partition coefficient (Wildman–Crippen LogP) is 1.80. The Morgan fingerprint density at radius 3 is 2.73 bits per heavy atom. The van der Waals surface area contributed by atoms with Gasteiger partial charge in [-0.3, -0.25) is 0 Å². The minimum atomic E-state index is -0.976. The van der Waals surface area contributed by atoms with Gasteiger partial charge in [0.15, 0.2) is 5.79 Å². The van der Waals surface area contributed by atoms with Gasteiger partial charge in [-0.25, -0.2) is 4.79 Å². The van der Waals surface area contributed by atoms with Crippen molar-refractivity contribution >= 4 is 5.97 Å². The molecule has 0 spiro atoms. The fourth-order valence-electron chi connectivity index (χ4n) is 1.50. The molecule has 4 nitrogen and oxygen atoms in total. The van der Waals surface area contributed by atoms with Gasteiger partial charge in [0.05, 0.1) is 12.7 Å². The molecular weight excluding hydrogens is 196 g/mol. The van der Waals surface area contributed by atoms with E-state index < -0.39 is 11.8 Å². The van der Waals surface area contributed by atoms with Gasteiger partial charge < -0.3 is 14.6 Å². The lowest BCUT2D eigenvalue weighted by Gasteiger charge is -2.23. The van der Waals surface area contributed by atoms with E-state index in [2.05, 4.69) is 6.58 Å². The minimum absolute atomic E-state index is 0.170. The van der Waals surface area contributed by atoms with Gasteiger partial charge in [0.25, 0.3) is 0 Å². The summed E-state index contributed by atoms with van der Waals surface area (Å²) in [7, 11) is 0. The molecule has 0 bridgehead atoms. The molecule has 0 radical (unpaired) electrons. The van der Waals surface area contributed by atoms with Crippen molar-refractivity contribution in [3.63, 3.8) is 0 Å². The highest BCUT2D eigenvalue weighted by Gasteiger charge is 2.39. The monoisotopic (exact) mass is 214 g/mol. The lowest BCUT2D eigenvalue weighted by atomic mass is 9.97. The van der Waals surface area contributed by atoms with Crippen LogP contribution in [-0.4, -0.2) is 29.6 Å². The molecule has 0 aromatic heterocycles. The molecule has 0 amide bonds. The molecule has 4 heteroatoms. The Hall–Kier alpha value is -0.870. The number of ether oxygens (including phenoxy) is 2. The largest absolute Gasteiger partial charge is 0.478 e. The molecule has 0 aliphatic carbocycles. The van der Waals surface area contributed by atoms with Crippen molar-refractivity contribution in [3.8, 4) is 0 Å². The second kappa shape index (κ2) is 4.33. The first-order valence-electron chi connectivity index (χ1n) is 5.13. The number of aliphatic carboxylic acids is 1. The summed E-state index contributed by atoms with van der Waals surface area (Å²) < 4.78 is 11.2. The summed E-state index contributed by atoms with van der Waals surface area (Å²) >= 11 is 0. The number of carbonyl (C=O) groups is 1. The first-order valence-corrected chi connectivity index (χ1v) is 5.13. The van der Waals surface area contributed by atoms with Crippen molar-refractivity contribution in [3.05, 3.63) is 12.2 Å². The Morgan fingerprint density at radius 1 is 1.73 bits per heavy atom. The van der Waals surface area contributed by atoms with Crippen LogP contribution in [-0.2, 0) is 14.3 Å². The summed E-state index contributed by atoms with van der Waals surface area (Å²) in [6, 6.07) is 0. The average molecular weight is 214 g/mol. The van der Waals surface area contributed by atoms with E-state index in [1.54, 1.807) is 6.92 Å². The van der Waals surface area contributed by atoms with Crippen LogP contribution in [0.25, 0.3) is 0 Å². The molecule has 0 aromatic carbocycles. The van der Waals surface area contributed by atoms with Gasteiger partial charge in [-0.1, -0.05) is 20.4 Å². The maximum absolute atomic E-state index is 10.7. The first kappa shape index (κ1) is 12.2. The third-order valence-corrected chi connectivity index (χ3v) is 2.98. The Morgan fingerprint density at radius 2 is 2.33 bits per heavy atom. The molecule has 1 rings (SSSR count). The van der Waals surface area contributed by atoms with Gasteiger partial charge in [0.2, 0.25) is 0 Å². The highest BCUT2D eigenvalue weighted by molar-refractivity contribution is 5.86. The zero-order valence-corrected chi connectivity index (χ0v) is 9.45. The summed E-state index contributed by atoms with van der Waals surface area (Å²) in [5, 5.41) is 8.80. The number of carboxylic acids is 1. The molecule has 1 aliphatic heterocycles. The molecule has 3 unspecified atom stereocenters. The maximum Gasteiger partial charge on any atom is 0.331 e. The zero-order chi connectivity index (χ0) is 11.6. The second-order valence-corrected chi connectivity index (χ2v) is 4.07. The van der Waals surface area contributed by atoms with Crippen LogP contribution in [0.15, 0.2) is 12.2 Å². The van der Waals surface area contributed by atoms with Crippen LogP contribution < -0.4 is 0 Å². The van der Waals surface area contributed by atoms with E-state index in [4.69, 9.17) is 14.6 Å². The minimum Gasteiger partial charge on any atom is -0.478 e. The van der Waals surface area contributed by atoms with Crippen molar-refractivity contribution in [1.29, 1.82) is 0 Å². The van der Waals surface area contributed by atoms with E-state index in [0.29, 0.717) is 6.61 Å². The van der Waals surface area contributed by atoms with E-state index in [1.807, 2.05) is 13.8 Å². The SMILES string of the molecule is C=C(C(=O)O)C(C)C1COC(C)(CC)O1. The number of rotatable bonds is 4. The third kappa shape index (κ3) is 2.58. The maximum atomic E-state index is 10.7. The summed E-state index contributed by atoms with van der Waals surface area (Å²) in [6.07, 6.45) is 0.536. The second-order valence-electron chi connectivity index (χ2n) is 4.07. The number of carboxylic acid groups (broad SMARTS) is 1. The zero-order valence-electron chi connectivity index (χ0n) is 9.45. The van der Waals surface area contributed by atoms with Gasteiger partial charge in [-0.2, -0.15) is 0 Å². The summed E-state index contributed by atoms with van der Waals surface area (Å²) in [5.41, 5.74) is 0.170. The number of hydrogen-bond donors (Lipinski definition) is 1. The normalized spacial score (nSPS) is 32.6. The topological polar surface area (TPSA) is 55.8 Å². The molecule has 3 atom stereocenters. The molecule has 0 saturated carbocycles. The van der Waals surface area contributed by atoms with E-state index in [1.165, 1.54) is 0 Å². The van der Waals surface area contributed by atoms with Crippen LogP contribution in [0.4, 0.5) is 0 Å². The standard InChI is InChI=1S/C11H18O4/c1-5-11(4)14-6-9(15-11)7(2)8(3)10(12)13/h7,9H,3,5-6H2,1-2,4H3,(H,12,13). The highest BCUT2D eigenvalue weighted by atomic mass is 16.7. The quantitative estimate of drug-likeness (QED) is 0.725. The fourth-order valence-corrected chi connectivity index (χ4v) is 1.50. The van der Waals surface area contributed by atoms with Crippen LogP contribution in [0.5, 0.6) is 0 Å². The number of hydrogen-bond acceptors (Lipinski definition) is 3. The van der Waals surface area contributed by atoms with Crippen molar-refractivity contribution in [1.82, 2.24) is 0 Å². The van der Waals surface area contributed by atoms with Gasteiger partial charge in [0, 0.05) is 11.5 Å². The van der Waals surface area contributed by atoms with Gasteiger partial charge in [-0.15, -0.1) is 0 Å². The highest BCUT2D eigenvalue weighted by Crippen LogP contribution is 2.31.